The fourth-order valence-corrected chi connectivity index (χ4v) is 3.94. The van der Waals surface area contributed by atoms with Crippen molar-refractivity contribution in [2.45, 2.75) is 24.4 Å². The molecule has 0 bridgehead atoms. The number of hydrogen-bond acceptors (Lipinski definition) is 4. The Hall–Kier alpha value is -2.81. The lowest BCUT2D eigenvalue weighted by Crippen LogP contribution is -2.45. The van der Waals surface area contributed by atoms with Gasteiger partial charge in [-0.15, -0.1) is 0 Å². The molecule has 0 saturated carbocycles. The van der Waals surface area contributed by atoms with E-state index in [9.17, 15) is 22.8 Å². The number of rotatable bonds is 4. The number of amides is 2. The predicted octanol–water partition coefficient (Wildman–Crippen LogP) is 3.97. The molecule has 1 aliphatic rings. The maximum absolute atomic E-state index is 13.0. The van der Waals surface area contributed by atoms with Crippen molar-refractivity contribution < 1.29 is 22.8 Å². The third-order valence-electron chi connectivity index (χ3n) is 4.26. The highest BCUT2D eigenvalue weighted by molar-refractivity contribution is 8.15. The van der Waals surface area contributed by atoms with Crippen LogP contribution in [0.1, 0.15) is 17.5 Å². The van der Waals surface area contributed by atoms with Crippen LogP contribution in [0.3, 0.4) is 0 Å². The first-order valence-electron chi connectivity index (χ1n) is 8.76. The van der Waals surface area contributed by atoms with Gasteiger partial charge in [0.15, 0.2) is 5.17 Å². The number of nitrogens with one attached hydrogen (secondary N) is 1. The van der Waals surface area contributed by atoms with E-state index in [1.54, 1.807) is 0 Å². The molecule has 0 aromatic heterocycles. The molecule has 1 fully saturated rings. The number of hydrogen-bond donors (Lipinski definition) is 1. The molecule has 152 valence electrons. The highest BCUT2D eigenvalue weighted by atomic mass is 32.2. The molecule has 0 radical (unpaired) electrons. The van der Waals surface area contributed by atoms with E-state index in [2.05, 4.69) is 10.3 Å². The zero-order valence-electron chi connectivity index (χ0n) is 15.4. The van der Waals surface area contributed by atoms with E-state index >= 15 is 0 Å². The molecule has 2 aromatic rings. The fraction of sp³-hybridized carbons (Fsp3) is 0.250. The number of aliphatic imine (C=N–C) groups is 1. The summed E-state index contributed by atoms with van der Waals surface area (Å²) in [6.45, 7) is 0.213. The first kappa shape index (κ1) is 20.9. The van der Waals surface area contributed by atoms with Gasteiger partial charge in [-0.3, -0.25) is 14.5 Å². The first-order chi connectivity index (χ1) is 13.8. The summed E-state index contributed by atoms with van der Waals surface area (Å²) in [6.07, 6.45) is -4.52. The number of nitrogens with zero attached hydrogens (tertiary/aromatic N) is 2. The summed E-state index contributed by atoms with van der Waals surface area (Å²) in [6, 6.07) is 13.7. The number of halogens is 3. The Balaban J connectivity index is 1.97. The number of benzene rings is 2. The van der Waals surface area contributed by atoms with Gasteiger partial charge in [0.1, 0.15) is 0 Å². The molecule has 1 saturated heterocycles. The minimum Gasteiger partial charge on any atom is -0.358 e. The van der Waals surface area contributed by atoms with E-state index in [0.717, 1.165) is 29.5 Å². The van der Waals surface area contributed by atoms with Crippen LogP contribution < -0.4 is 5.32 Å². The van der Waals surface area contributed by atoms with Crippen LogP contribution in [0.2, 0.25) is 0 Å². The van der Waals surface area contributed by atoms with Gasteiger partial charge in [0.2, 0.25) is 11.8 Å². The molecule has 1 heterocycles. The first-order valence-corrected chi connectivity index (χ1v) is 9.64. The van der Waals surface area contributed by atoms with Crippen molar-refractivity contribution >= 4 is 34.4 Å². The molecule has 0 unspecified atom stereocenters. The quantitative estimate of drug-likeness (QED) is 0.813. The van der Waals surface area contributed by atoms with Crippen molar-refractivity contribution in [3.63, 3.8) is 0 Å². The summed E-state index contributed by atoms with van der Waals surface area (Å²) in [5.74, 6) is -0.647. The lowest BCUT2D eigenvalue weighted by Gasteiger charge is -2.31. The lowest BCUT2D eigenvalue weighted by molar-refractivity contribution is -0.137. The number of amidine groups is 1. The van der Waals surface area contributed by atoms with Gasteiger partial charge in [-0.1, -0.05) is 48.2 Å². The van der Waals surface area contributed by atoms with Gasteiger partial charge >= 0.3 is 6.18 Å². The minimum absolute atomic E-state index is 0.0151. The monoisotopic (exact) mass is 421 g/mol. The molecule has 3 rings (SSSR count). The van der Waals surface area contributed by atoms with Crippen LogP contribution in [0, 0.1) is 0 Å². The second-order valence-electron chi connectivity index (χ2n) is 6.33. The molecule has 2 aromatic carbocycles. The Morgan fingerprint density at radius 2 is 1.93 bits per heavy atom. The summed E-state index contributed by atoms with van der Waals surface area (Å²) in [4.78, 5) is 30.5. The Labute approximate surface area is 170 Å². The smallest absolute Gasteiger partial charge is 0.358 e. The predicted molar refractivity (Wildman–Crippen MR) is 106 cm³/mol. The molecule has 29 heavy (non-hydrogen) atoms. The molecule has 1 aliphatic heterocycles. The maximum Gasteiger partial charge on any atom is 0.416 e. The fourth-order valence-electron chi connectivity index (χ4n) is 2.79. The van der Waals surface area contributed by atoms with E-state index in [0.29, 0.717) is 0 Å². The number of alkyl halides is 3. The second kappa shape index (κ2) is 8.69. The SMILES string of the molecule is CNC(=O)[C@H]1CC(=O)N(Cc2ccccc2)C(=Nc2cccc(C(F)(F)F)c2)S1. The van der Waals surface area contributed by atoms with Gasteiger partial charge in [0, 0.05) is 13.5 Å². The van der Waals surface area contributed by atoms with Crippen molar-refractivity contribution in [3.05, 3.63) is 65.7 Å². The van der Waals surface area contributed by atoms with Crippen LogP contribution in [-0.2, 0) is 22.3 Å². The van der Waals surface area contributed by atoms with Crippen molar-refractivity contribution in [2.75, 3.05) is 7.05 Å². The Kier molecular flexibility index (Phi) is 6.26. The average molecular weight is 421 g/mol. The number of thioether (sulfide) groups is 1. The van der Waals surface area contributed by atoms with Crippen LogP contribution in [0.5, 0.6) is 0 Å². The molecule has 1 N–H and O–H groups in total. The van der Waals surface area contributed by atoms with Crippen molar-refractivity contribution in [1.29, 1.82) is 0 Å². The Bertz CT molecular complexity index is 932. The molecule has 2 amide bonds. The van der Waals surface area contributed by atoms with Gasteiger partial charge in [0.05, 0.1) is 23.0 Å². The van der Waals surface area contributed by atoms with Crippen LogP contribution >= 0.6 is 11.8 Å². The Morgan fingerprint density at radius 3 is 2.59 bits per heavy atom. The summed E-state index contributed by atoms with van der Waals surface area (Å²) in [5.41, 5.74) is 0.0753. The van der Waals surface area contributed by atoms with Crippen LogP contribution in [0.25, 0.3) is 0 Å². The third-order valence-corrected chi connectivity index (χ3v) is 5.45. The summed E-state index contributed by atoms with van der Waals surface area (Å²) in [7, 11) is 1.47. The molecule has 9 heteroatoms. The van der Waals surface area contributed by atoms with Gasteiger partial charge in [-0.05, 0) is 23.8 Å². The number of carbonyl (C=O) groups excluding carboxylic acids is 2. The van der Waals surface area contributed by atoms with E-state index in [4.69, 9.17) is 0 Å². The third kappa shape index (κ3) is 5.17. The zero-order valence-corrected chi connectivity index (χ0v) is 16.3. The van der Waals surface area contributed by atoms with Crippen LogP contribution in [0.4, 0.5) is 18.9 Å². The second-order valence-corrected chi connectivity index (χ2v) is 7.50. The molecule has 0 aliphatic carbocycles. The van der Waals surface area contributed by atoms with Crippen molar-refractivity contribution in [3.8, 4) is 0 Å². The van der Waals surface area contributed by atoms with Gasteiger partial charge in [-0.25, -0.2) is 4.99 Å². The van der Waals surface area contributed by atoms with Crippen LogP contribution in [0.15, 0.2) is 59.6 Å². The van der Waals surface area contributed by atoms with Gasteiger partial charge in [0.25, 0.3) is 0 Å². The normalized spacial score (nSPS) is 18.8. The highest BCUT2D eigenvalue weighted by Gasteiger charge is 2.36. The van der Waals surface area contributed by atoms with Crippen molar-refractivity contribution in [2.24, 2.45) is 4.99 Å². The van der Waals surface area contributed by atoms with Crippen molar-refractivity contribution in [1.82, 2.24) is 10.2 Å². The summed E-state index contributed by atoms with van der Waals surface area (Å²) < 4.78 is 39.0. The average Bonchev–Trinajstić information content (AvgIpc) is 2.70. The molecular formula is C20H18F3N3O2S. The largest absolute Gasteiger partial charge is 0.416 e. The maximum atomic E-state index is 13.0. The minimum atomic E-state index is -4.50. The van der Waals surface area contributed by atoms with E-state index in [1.807, 2.05) is 30.3 Å². The summed E-state index contributed by atoms with van der Waals surface area (Å²) in [5, 5.41) is 2.00. The number of carbonyl (C=O) groups is 2. The molecule has 0 spiro atoms. The lowest BCUT2D eigenvalue weighted by atomic mass is 10.2. The van der Waals surface area contributed by atoms with Gasteiger partial charge in [-0.2, -0.15) is 13.2 Å². The zero-order chi connectivity index (χ0) is 21.0. The van der Waals surface area contributed by atoms with Crippen LogP contribution in [-0.4, -0.2) is 34.2 Å². The highest BCUT2D eigenvalue weighted by Crippen LogP contribution is 2.34. The van der Waals surface area contributed by atoms with E-state index in [1.165, 1.54) is 24.1 Å². The standard InChI is InChI=1S/C20H18F3N3O2S/c1-24-18(28)16-11-17(27)26(12-13-6-3-2-4-7-13)19(29-16)25-15-9-5-8-14(10-15)20(21,22)23/h2-10,16H,11-12H2,1H3,(H,24,28)/t16-/m1/s1. The summed E-state index contributed by atoms with van der Waals surface area (Å²) >= 11 is 1.07. The molecule has 5 nitrogen and oxygen atoms in total. The van der Waals surface area contributed by atoms with E-state index in [-0.39, 0.29) is 35.6 Å². The Morgan fingerprint density at radius 1 is 1.21 bits per heavy atom. The molecule has 1 atom stereocenters. The van der Waals surface area contributed by atoms with Gasteiger partial charge < -0.3 is 5.32 Å². The molecular weight excluding hydrogens is 403 g/mol. The topological polar surface area (TPSA) is 61.8 Å². The van der Waals surface area contributed by atoms with E-state index < -0.39 is 17.0 Å².